The van der Waals surface area contributed by atoms with E-state index >= 15 is 0 Å². The first kappa shape index (κ1) is 8.86. The van der Waals surface area contributed by atoms with Crippen molar-refractivity contribution in [2.45, 2.75) is 11.8 Å². The molecular weight excluding hydrogens is 178 g/mol. The molecule has 0 aromatic heterocycles. The van der Waals surface area contributed by atoms with Gasteiger partial charge in [0.1, 0.15) is 0 Å². The maximum atomic E-state index is 10.8. The lowest BCUT2D eigenvalue weighted by atomic mass is 10.2. The molecule has 1 aromatic rings. The van der Waals surface area contributed by atoms with Crippen LogP contribution >= 0.6 is 0 Å². The fourth-order valence-electron chi connectivity index (χ4n) is 0.753. The number of aryl methyl sites for hydroxylation is 1. The van der Waals surface area contributed by atoms with E-state index in [1.54, 1.807) is 12.1 Å². The van der Waals surface area contributed by atoms with E-state index < -0.39 is 10.0 Å². The van der Waals surface area contributed by atoms with Crippen molar-refractivity contribution in [2.24, 2.45) is 4.58 Å². The number of nitrogens with zero attached hydrogens (tertiary/aromatic N) is 1. The zero-order chi connectivity index (χ0) is 9.19. The molecule has 0 bridgehead atoms. The molecular formula is C7H7NO3S. The summed E-state index contributed by atoms with van der Waals surface area (Å²) in [6.45, 7) is 1.82. The number of nitroso groups, excluding NO2 is 1. The smallest absolute Gasteiger partial charge is 0.196 e. The molecule has 0 heterocycles. The average Bonchev–Trinajstić information content (AvgIpc) is 2.05. The molecule has 0 saturated heterocycles. The summed E-state index contributed by atoms with van der Waals surface area (Å²) in [5.74, 6) is 0. The summed E-state index contributed by atoms with van der Waals surface area (Å²) in [6, 6.07) is 5.92. The summed E-state index contributed by atoms with van der Waals surface area (Å²) in [6.07, 6.45) is 0. The second-order valence-corrected chi connectivity index (χ2v) is 3.93. The first-order chi connectivity index (χ1) is 5.56. The maximum Gasteiger partial charge on any atom is 0.316 e. The Morgan fingerprint density at radius 3 is 2.08 bits per heavy atom. The Hall–Kier alpha value is -1.23. The van der Waals surface area contributed by atoms with Crippen LogP contribution in [0.2, 0.25) is 0 Å². The maximum absolute atomic E-state index is 10.8. The minimum absolute atomic E-state index is 0.0666. The highest BCUT2D eigenvalue weighted by Crippen LogP contribution is 2.11. The minimum atomic E-state index is -3.95. The molecule has 0 aliphatic carbocycles. The minimum Gasteiger partial charge on any atom is -0.196 e. The third-order valence-electron chi connectivity index (χ3n) is 1.42. The van der Waals surface area contributed by atoms with E-state index in [1.165, 1.54) is 12.1 Å². The molecule has 64 valence electrons. The van der Waals surface area contributed by atoms with Crippen LogP contribution in [0.15, 0.2) is 33.7 Å². The van der Waals surface area contributed by atoms with Crippen molar-refractivity contribution >= 4 is 10.0 Å². The molecule has 0 spiro atoms. The molecule has 0 amide bonds. The highest BCUT2D eigenvalue weighted by Gasteiger charge is 2.12. The standard InChI is InChI=1S/C7H7NO3S/c1-6-2-4-7(5-3-6)12(10,11)8-9/h2-5H,1H3. The van der Waals surface area contributed by atoms with Crippen LogP contribution in [0.1, 0.15) is 5.56 Å². The van der Waals surface area contributed by atoms with Crippen molar-refractivity contribution in [2.75, 3.05) is 0 Å². The molecule has 12 heavy (non-hydrogen) atoms. The van der Waals surface area contributed by atoms with E-state index in [2.05, 4.69) is 0 Å². The quantitative estimate of drug-likeness (QED) is 0.655. The molecule has 1 rings (SSSR count). The number of rotatable bonds is 2. The first-order valence-corrected chi connectivity index (χ1v) is 4.66. The zero-order valence-corrected chi connectivity index (χ0v) is 7.21. The molecule has 5 heteroatoms. The number of hydrogen-bond acceptors (Lipinski definition) is 3. The molecule has 0 fully saturated rings. The molecule has 0 aliphatic heterocycles. The highest BCUT2D eigenvalue weighted by atomic mass is 32.2. The van der Waals surface area contributed by atoms with Crippen LogP contribution in [0.5, 0.6) is 0 Å². The van der Waals surface area contributed by atoms with Gasteiger partial charge >= 0.3 is 10.0 Å². The Kier molecular flexibility index (Phi) is 2.23. The van der Waals surface area contributed by atoms with Crippen LogP contribution in [0, 0.1) is 11.8 Å². The largest absolute Gasteiger partial charge is 0.316 e. The summed E-state index contributed by atoms with van der Waals surface area (Å²) in [7, 11) is -3.95. The van der Waals surface area contributed by atoms with Gasteiger partial charge in [-0.25, -0.2) is 0 Å². The number of hydrogen-bond donors (Lipinski definition) is 0. The van der Waals surface area contributed by atoms with E-state index in [9.17, 15) is 13.3 Å². The van der Waals surface area contributed by atoms with Gasteiger partial charge in [0.05, 0.1) is 9.48 Å². The van der Waals surface area contributed by atoms with Crippen molar-refractivity contribution in [1.82, 2.24) is 0 Å². The van der Waals surface area contributed by atoms with Gasteiger partial charge in [0, 0.05) is 0 Å². The van der Waals surface area contributed by atoms with Crippen molar-refractivity contribution in [3.05, 3.63) is 34.7 Å². The molecule has 0 unspecified atom stereocenters. The van der Waals surface area contributed by atoms with Gasteiger partial charge in [-0.2, -0.15) is 8.42 Å². The van der Waals surface area contributed by atoms with Crippen molar-refractivity contribution in [3.8, 4) is 0 Å². The predicted octanol–water partition coefficient (Wildman–Crippen LogP) is 1.45. The molecule has 4 nitrogen and oxygen atoms in total. The lowest BCUT2D eigenvalue weighted by Crippen LogP contribution is -1.94. The number of sulfonamides is 1. The number of benzene rings is 1. The van der Waals surface area contributed by atoms with Gasteiger partial charge in [0.25, 0.3) is 0 Å². The van der Waals surface area contributed by atoms with Crippen LogP contribution in [0.25, 0.3) is 0 Å². The first-order valence-electron chi connectivity index (χ1n) is 3.22. The fourth-order valence-corrected chi connectivity index (χ4v) is 1.32. The lowest BCUT2D eigenvalue weighted by molar-refractivity contribution is 0.597. The van der Waals surface area contributed by atoms with Crippen LogP contribution < -0.4 is 0 Å². The van der Waals surface area contributed by atoms with E-state index in [0.717, 1.165) is 5.56 Å². The normalized spacial score (nSPS) is 11.1. The van der Waals surface area contributed by atoms with Gasteiger partial charge in [0.2, 0.25) is 0 Å². The zero-order valence-electron chi connectivity index (χ0n) is 6.39. The molecule has 0 radical (unpaired) electrons. The Morgan fingerprint density at radius 2 is 1.67 bits per heavy atom. The molecule has 0 aliphatic rings. The Balaban J connectivity index is 3.23. The molecule has 0 atom stereocenters. The second-order valence-electron chi connectivity index (χ2n) is 2.36. The lowest BCUT2D eigenvalue weighted by Gasteiger charge is -1.94. The van der Waals surface area contributed by atoms with Crippen molar-refractivity contribution in [3.63, 3.8) is 0 Å². The summed E-state index contributed by atoms with van der Waals surface area (Å²) in [4.78, 5) is 9.81. The monoisotopic (exact) mass is 185 g/mol. The van der Waals surface area contributed by atoms with Gasteiger partial charge in [-0.05, 0) is 19.1 Å². The van der Waals surface area contributed by atoms with E-state index in [-0.39, 0.29) is 4.90 Å². The third-order valence-corrected chi connectivity index (χ3v) is 2.48. The Labute approximate surface area is 70.3 Å². The Bertz CT molecular complexity index is 380. The molecule has 0 N–H and O–H groups in total. The van der Waals surface area contributed by atoms with E-state index in [1.807, 2.05) is 11.5 Å². The average molecular weight is 185 g/mol. The summed E-state index contributed by atoms with van der Waals surface area (Å²) >= 11 is 0. The summed E-state index contributed by atoms with van der Waals surface area (Å²) < 4.78 is 23.7. The summed E-state index contributed by atoms with van der Waals surface area (Å²) in [5, 5.41) is 0. The Morgan fingerprint density at radius 1 is 1.17 bits per heavy atom. The van der Waals surface area contributed by atoms with Crippen LogP contribution in [0.4, 0.5) is 0 Å². The van der Waals surface area contributed by atoms with Crippen molar-refractivity contribution in [1.29, 1.82) is 0 Å². The van der Waals surface area contributed by atoms with E-state index in [4.69, 9.17) is 0 Å². The third kappa shape index (κ3) is 1.68. The van der Waals surface area contributed by atoms with E-state index in [0.29, 0.717) is 0 Å². The predicted molar refractivity (Wildman–Crippen MR) is 44.2 cm³/mol. The van der Waals surface area contributed by atoms with Crippen molar-refractivity contribution < 1.29 is 8.42 Å². The molecule has 1 aromatic carbocycles. The second kappa shape index (κ2) is 3.02. The van der Waals surface area contributed by atoms with Crippen LogP contribution in [-0.2, 0) is 10.0 Å². The molecule has 0 saturated carbocycles. The highest BCUT2D eigenvalue weighted by molar-refractivity contribution is 7.90. The van der Waals surface area contributed by atoms with Gasteiger partial charge in [0.15, 0.2) is 0 Å². The van der Waals surface area contributed by atoms with Crippen LogP contribution in [-0.4, -0.2) is 8.42 Å². The van der Waals surface area contributed by atoms with Gasteiger partial charge in [-0.3, -0.25) is 0 Å². The fraction of sp³-hybridized carbons (Fsp3) is 0.143. The topological polar surface area (TPSA) is 63.6 Å². The summed E-state index contributed by atoms with van der Waals surface area (Å²) in [5.41, 5.74) is 0.930. The SMILES string of the molecule is Cc1ccc(S(=O)(=O)N=O)cc1. The van der Waals surface area contributed by atoms with Gasteiger partial charge in [-0.1, -0.05) is 17.7 Å². The van der Waals surface area contributed by atoms with Gasteiger partial charge < -0.3 is 0 Å². The van der Waals surface area contributed by atoms with Gasteiger partial charge in [-0.15, -0.1) is 4.91 Å². The van der Waals surface area contributed by atoms with Crippen LogP contribution in [0.3, 0.4) is 0 Å².